The summed E-state index contributed by atoms with van der Waals surface area (Å²) in [5, 5.41) is 0. The zero-order chi connectivity index (χ0) is 16.1. The van der Waals surface area contributed by atoms with Crippen molar-refractivity contribution in [3.63, 3.8) is 0 Å². The van der Waals surface area contributed by atoms with E-state index < -0.39 is 0 Å². The van der Waals surface area contributed by atoms with Crippen LogP contribution >= 0.6 is 0 Å². The minimum absolute atomic E-state index is 0. The number of carbonyl (C=O) groups excluding carboxylic acids is 1. The number of ketones is 1. The van der Waals surface area contributed by atoms with Crippen molar-refractivity contribution >= 4 is 5.78 Å². The molecule has 0 unspecified atom stereocenters. The van der Waals surface area contributed by atoms with Gasteiger partial charge in [-0.25, -0.2) is 0 Å². The van der Waals surface area contributed by atoms with Crippen LogP contribution in [-0.2, 0) is 21.9 Å². The fourth-order valence-corrected chi connectivity index (χ4v) is 3.88. The monoisotopic (exact) mass is 350 g/mol. The molecule has 0 saturated heterocycles. The van der Waals surface area contributed by atoms with Crippen molar-refractivity contribution in [1.29, 1.82) is 0 Å². The first-order valence-electron chi connectivity index (χ1n) is 9.14. The van der Waals surface area contributed by atoms with E-state index in [2.05, 4.69) is 20.8 Å². The van der Waals surface area contributed by atoms with Crippen LogP contribution in [0.5, 0.6) is 0 Å². The quantitative estimate of drug-likeness (QED) is 0.527. The maximum absolute atomic E-state index is 11.7. The first-order chi connectivity index (χ1) is 9.59. The van der Waals surface area contributed by atoms with Crippen molar-refractivity contribution in [3.05, 3.63) is 0 Å². The van der Waals surface area contributed by atoms with Crippen molar-refractivity contribution in [2.45, 2.75) is 99.3 Å². The van der Waals surface area contributed by atoms with Gasteiger partial charge in [-0.05, 0) is 30.6 Å². The van der Waals surface area contributed by atoms with Gasteiger partial charge in [-0.15, -0.1) is 0 Å². The van der Waals surface area contributed by atoms with Crippen molar-refractivity contribution in [1.82, 2.24) is 0 Å². The second-order valence-electron chi connectivity index (χ2n) is 9.51. The average molecular weight is 350 g/mol. The summed E-state index contributed by atoms with van der Waals surface area (Å²) < 4.78 is 0. The van der Waals surface area contributed by atoms with Gasteiger partial charge in [-0.2, -0.15) is 0 Å². The van der Waals surface area contributed by atoms with Gasteiger partial charge >= 0.3 is 0 Å². The van der Waals surface area contributed by atoms with Crippen molar-refractivity contribution < 1.29 is 21.9 Å². The molecule has 2 aliphatic rings. The zero-order valence-corrected chi connectivity index (χ0v) is 16.9. The summed E-state index contributed by atoms with van der Waals surface area (Å²) in [6, 6.07) is 0. The summed E-state index contributed by atoms with van der Waals surface area (Å²) in [4.78, 5) is 11.7. The van der Waals surface area contributed by atoms with Crippen LogP contribution in [0, 0.1) is 22.7 Å². The van der Waals surface area contributed by atoms with Gasteiger partial charge < -0.3 is 0 Å². The predicted molar refractivity (Wildman–Crippen MR) is 92.5 cm³/mol. The summed E-state index contributed by atoms with van der Waals surface area (Å²) in [5.41, 5.74) is 0.448. The van der Waals surface area contributed by atoms with Crippen LogP contribution in [0.15, 0.2) is 0 Å². The topological polar surface area (TPSA) is 17.1 Å². The SMILES string of the molecule is CC(C)(C)C(=O)C1CCCC1.CC(C)(C)CC1CCCC1.[Fe]. The number of Topliss-reactive ketones (excluding diaryl/α,β-unsaturated/α-hetero) is 1. The van der Waals surface area contributed by atoms with Gasteiger partial charge in [-0.3, -0.25) is 4.79 Å². The van der Waals surface area contributed by atoms with E-state index >= 15 is 0 Å². The molecule has 0 heterocycles. The van der Waals surface area contributed by atoms with Crippen LogP contribution in [0.2, 0.25) is 0 Å². The van der Waals surface area contributed by atoms with E-state index in [0.717, 1.165) is 18.8 Å². The van der Waals surface area contributed by atoms with Gasteiger partial charge in [0.25, 0.3) is 0 Å². The molecule has 2 aliphatic carbocycles. The van der Waals surface area contributed by atoms with E-state index in [1.807, 2.05) is 20.8 Å². The normalized spacial score (nSPS) is 20.3. The van der Waals surface area contributed by atoms with Crippen LogP contribution in [0.3, 0.4) is 0 Å². The molecule has 0 bridgehead atoms. The molecule has 2 saturated carbocycles. The molecule has 2 fully saturated rings. The molecule has 132 valence electrons. The Balaban J connectivity index is 0.000000385. The maximum Gasteiger partial charge on any atom is 0.141 e. The molecule has 1 nitrogen and oxygen atoms in total. The third-order valence-electron chi connectivity index (χ3n) is 4.84. The van der Waals surface area contributed by atoms with Crippen LogP contribution in [0.4, 0.5) is 0 Å². The fourth-order valence-electron chi connectivity index (χ4n) is 3.88. The van der Waals surface area contributed by atoms with Gasteiger partial charge in [-0.1, -0.05) is 80.1 Å². The molecular formula is C20H38FeO. The molecule has 0 aromatic carbocycles. The van der Waals surface area contributed by atoms with E-state index in [1.54, 1.807) is 0 Å². The molecule has 0 N–H and O–H groups in total. The maximum atomic E-state index is 11.7. The molecule has 22 heavy (non-hydrogen) atoms. The summed E-state index contributed by atoms with van der Waals surface area (Å²) in [6.45, 7) is 13.1. The summed E-state index contributed by atoms with van der Waals surface area (Å²) >= 11 is 0. The Kier molecular flexibility index (Phi) is 9.56. The molecule has 2 heteroatoms. The zero-order valence-electron chi connectivity index (χ0n) is 15.8. The predicted octanol–water partition coefficient (Wildman–Crippen LogP) is 6.40. The Morgan fingerprint density at radius 1 is 0.818 bits per heavy atom. The third kappa shape index (κ3) is 8.73. The Labute approximate surface area is 149 Å². The number of hydrogen-bond acceptors (Lipinski definition) is 1. The minimum Gasteiger partial charge on any atom is -0.299 e. The second kappa shape index (κ2) is 9.48. The molecule has 0 aromatic heterocycles. The minimum atomic E-state index is -0.116. The molecule has 0 spiro atoms. The van der Waals surface area contributed by atoms with Gasteiger partial charge in [0.1, 0.15) is 5.78 Å². The number of carbonyl (C=O) groups is 1. The first kappa shape index (κ1) is 22.2. The van der Waals surface area contributed by atoms with Crippen LogP contribution in [-0.4, -0.2) is 5.78 Å². The summed E-state index contributed by atoms with van der Waals surface area (Å²) in [7, 11) is 0. The molecule has 0 aliphatic heterocycles. The van der Waals surface area contributed by atoms with E-state index in [4.69, 9.17) is 0 Å². The molecule has 0 atom stereocenters. The Morgan fingerprint density at radius 2 is 1.23 bits per heavy atom. The molecule has 2 rings (SSSR count). The third-order valence-corrected chi connectivity index (χ3v) is 4.84. The van der Waals surface area contributed by atoms with Gasteiger partial charge in [0.05, 0.1) is 0 Å². The largest absolute Gasteiger partial charge is 0.299 e. The average Bonchev–Trinajstić information content (AvgIpc) is 2.97. The van der Waals surface area contributed by atoms with E-state index in [-0.39, 0.29) is 22.5 Å². The number of rotatable bonds is 2. The van der Waals surface area contributed by atoms with Crippen molar-refractivity contribution in [2.24, 2.45) is 22.7 Å². The fraction of sp³-hybridized carbons (Fsp3) is 0.950. The first-order valence-corrected chi connectivity index (χ1v) is 9.14. The van der Waals surface area contributed by atoms with Crippen molar-refractivity contribution in [3.8, 4) is 0 Å². The molecule has 0 aromatic rings. The van der Waals surface area contributed by atoms with E-state index in [0.29, 0.717) is 17.1 Å². The Morgan fingerprint density at radius 3 is 1.59 bits per heavy atom. The molecular weight excluding hydrogens is 312 g/mol. The molecule has 0 amide bonds. The standard InChI is InChI=1S/C10H18O.C10H20.Fe/c1-10(2,3)9(11)8-6-4-5-7-8;1-10(2,3)8-9-6-4-5-7-9;/h8H,4-7H2,1-3H3;9H,4-8H2,1-3H3;. The Bertz CT molecular complexity index is 310. The summed E-state index contributed by atoms with van der Waals surface area (Å²) in [6.07, 6.45) is 12.2. The van der Waals surface area contributed by atoms with Crippen LogP contribution in [0.1, 0.15) is 99.3 Å². The number of hydrogen-bond donors (Lipinski definition) is 0. The van der Waals surface area contributed by atoms with E-state index in [1.165, 1.54) is 44.9 Å². The molecule has 0 radical (unpaired) electrons. The van der Waals surface area contributed by atoms with Gasteiger partial charge in [0.15, 0.2) is 0 Å². The van der Waals surface area contributed by atoms with Gasteiger partial charge in [0.2, 0.25) is 0 Å². The van der Waals surface area contributed by atoms with E-state index in [9.17, 15) is 4.79 Å². The summed E-state index contributed by atoms with van der Waals surface area (Å²) in [5.74, 6) is 1.91. The van der Waals surface area contributed by atoms with Gasteiger partial charge in [0, 0.05) is 28.4 Å². The van der Waals surface area contributed by atoms with Crippen molar-refractivity contribution in [2.75, 3.05) is 0 Å². The smallest absolute Gasteiger partial charge is 0.141 e. The van der Waals surface area contributed by atoms with Crippen LogP contribution in [0.25, 0.3) is 0 Å². The van der Waals surface area contributed by atoms with Crippen LogP contribution < -0.4 is 0 Å². The Hall–Kier alpha value is 0.189. The second-order valence-corrected chi connectivity index (χ2v) is 9.51.